The molecule has 3 radical (unpaired) electrons. The molecule has 7 heavy (non-hydrogen) atoms. The van der Waals surface area contributed by atoms with Crippen molar-refractivity contribution in [1.82, 2.24) is 0 Å². The molecule has 6 heteroatoms. The van der Waals surface area contributed by atoms with E-state index in [1.165, 1.54) is 0 Å². The van der Waals surface area contributed by atoms with Crippen LogP contribution >= 0.6 is 7.82 Å². The maximum atomic E-state index is 8.88. The maximum absolute atomic E-state index is 8.88. The lowest BCUT2D eigenvalue weighted by atomic mass is 11.9. The van der Waals surface area contributed by atoms with Crippen molar-refractivity contribution in [3.8, 4) is 0 Å². The second-order valence-electron chi connectivity index (χ2n) is 0.513. The third kappa shape index (κ3) is 61600. The van der Waals surface area contributed by atoms with E-state index in [1.54, 1.807) is 0 Å². The van der Waals surface area contributed by atoms with Crippen molar-refractivity contribution >= 4 is 7.82 Å². The molecular weight excluding hydrogens is 126 g/mol. The van der Waals surface area contributed by atoms with Crippen LogP contribution in [-0.2, 0) is 4.57 Å². The third-order valence-electron chi connectivity index (χ3n) is 0. The molecule has 0 spiro atoms. The smallest absolute Gasteiger partial charge is 0.303 e. The molecule has 0 amide bonds. The highest BCUT2D eigenvalue weighted by Gasteiger charge is 2.00. The molecule has 0 aromatic carbocycles. The van der Waals surface area contributed by atoms with Crippen molar-refractivity contribution < 1.29 is 23.6 Å². The lowest BCUT2D eigenvalue weighted by Crippen LogP contribution is -1.66. The molecule has 0 aromatic heterocycles. The zero-order valence-electron chi connectivity index (χ0n) is 3.08. The minimum Gasteiger partial charge on any atom is -0.303 e. The van der Waals surface area contributed by atoms with Crippen LogP contribution in [0.5, 0.6) is 0 Å². The summed E-state index contributed by atoms with van der Waals surface area (Å²) in [5.74, 6) is 0. The van der Waals surface area contributed by atoms with Gasteiger partial charge in [-0.25, -0.2) is 8.96 Å². The minimum absolute atomic E-state index is 4.25. The number of phosphoric acid groups is 1. The van der Waals surface area contributed by atoms with E-state index in [4.69, 9.17) is 23.6 Å². The quantitative estimate of drug-likeness (QED) is 0.388. The molecule has 4 nitrogen and oxygen atoms in total. The number of hydrogen-bond acceptors (Lipinski definition) is 1. The summed E-state index contributed by atoms with van der Waals surface area (Å²) in [7, 11) is -0.389. The lowest BCUT2D eigenvalue weighted by molar-refractivity contribution is 0.275. The van der Waals surface area contributed by atoms with Crippen LogP contribution in [0.15, 0.2) is 0 Å². The Balaban J connectivity index is 0. The molecule has 0 fully saturated rings. The normalized spacial score (nSPS) is 9.29. The average molecular weight is 129 g/mol. The molecule has 43 valence electrons. The third-order valence-corrected chi connectivity index (χ3v) is 0. The standard InChI is InChI=1S/CF.H3O4P/c1-2;1-5(2,3)4/h;(H3,1,2,3,4). The molecule has 0 heterocycles. The highest BCUT2D eigenvalue weighted by Crippen LogP contribution is 2.25. The fraction of sp³-hybridized carbons (Fsp3) is 0. The van der Waals surface area contributed by atoms with E-state index >= 15 is 0 Å². The fourth-order valence-corrected chi connectivity index (χ4v) is 0. The first-order valence-corrected chi connectivity index (χ1v) is 2.54. The fourth-order valence-electron chi connectivity index (χ4n) is 0. The van der Waals surface area contributed by atoms with E-state index in [1.807, 2.05) is 0 Å². The average Bonchev–Trinajstić information content (AvgIpc) is 1.36. The van der Waals surface area contributed by atoms with Crippen molar-refractivity contribution in [2.75, 3.05) is 0 Å². The first-order chi connectivity index (χ1) is 3.00. The van der Waals surface area contributed by atoms with Crippen LogP contribution in [0.1, 0.15) is 0 Å². The molecule has 0 rings (SSSR count). The topological polar surface area (TPSA) is 77.8 Å². The zero-order valence-corrected chi connectivity index (χ0v) is 3.97. The summed E-state index contributed by atoms with van der Waals surface area (Å²) in [4.78, 5) is 21.6. The molecule has 0 saturated heterocycles. The Morgan fingerprint density at radius 1 is 1.29 bits per heavy atom. The van der Waals surface area contributed by atoms with Gasteiger partial charge in [0, 0.05) is 0 Å². The molecule has 0 aromatic rings. The molecule has 0 aliphatic heterocycles. The first kappa shape index (κ1) is 10.1. The molecule has 0 saturated carbocycles. The molecule has 3 N–H and O–H groups in total. The predicted octanol–water partition coefficient (Wildman–Crippen LogP) is -0.427. The Morgan fingerprint density at radius 3 is 1.29 bits per heavy atom. The van der Waals surface area contributed by atoms with E-state index in [0.29, 0.717) is 0 Å². The molecular formula is CH3FO4P. The monoisotopic (exact) mass is 129 g/mol. The van der Waals surface area contributed by atoms with Gasteiger partial charge in [0.2, 0.25) is 7.18 Å². The first-order valence-electron chi connectivity index (χ1n) is 0.972. The number of hydrogen-bond donors (Lipinski definition) is 3. The molecule has 0 aliphatic rings. The summed E-state index contributed by atoms with van der Waals surface area (Å²) in [5.41, 5.74) is 0. The van der Waals surface area contributed by atoms with E-state index in [2.05, 4.69) is 7.18 Å². The summed E-state index contributed by atoms with van der Waals surface area (Å²) in [6.45, 7) is 0. The molecule has 0 atom stereocenters. The van der Waals surface area contributed by atoms with Gasteiger partial charge in [-0.05, 0) is 0 Å². The maximum Gasteiger partial charge on any atom is 0.466 e. The Bertz CT molecular complexity index is 57.8. The summed E-state index contributed by atoms with van der Waals surface area (Å²) in [5, 5.41) is 0. The number of rotatable bonds is 0. The molecule has 0 unspecified atom stereocenters. The van der Waals surface area contributed by atoms with E-state index in [0.717, 1.165) is 0 Å². The molecule has 0 bridgehead atoms. The van der Waals surface area contributed by atoms with Crippen LogP contribution < -0.4 is 0 Å². The van der Waals surface area contributed by atoms with Gasteiger partial charge in [0.1, 0.15) is 0 Å². The Hall–Kier alpha value is 0.0400. The van der Waals surface area contributed by atoms with E-state index in [9.17, 15) is 0 Å². The van der Waals surface area contributed by atoms with Gasteiger partial charge >= 0.3 is 7.82 Å². The van der Waals surface area contributed by atoms with Gasteiger partial charge in [0.05, 0.1) is 0 Å². The van der Waals surface area contributed by atoms with Gasteiger partial charge in [0.15, 0.2) is 0 Å². The highest BCUT2D eigenvalue weighted by molar-refractivity contribution is 7.45. The van der Waals surface area contributed by atoms with Crippen molar-refractivity contribution in [2.45, 2.75) is 0 Å². The van der Waals surface area contributed by atoms with Crippen LogP contribution in [0.25, 0.3) is 0 Å². The van der Waals surface area contributed by atoms with Crippen LogP contribution in [0, 0.1) is 7.18 Å². The Morgan fingerprint density at radius 2 is 1.29 bits per heavy atom. The second-order valence-corrected chi connectivity index (χ2v) is 1.54. The predicted molar refractivity (Wildman–Crippen MR) is 18.6 cm³/mol. The van der Waals surface area contributed by atoms with Gasteiger partial charge in [0.25, 0.3) is 0 Å². The minimum atomic E-state index is -4.64. The number of halogens is 1. The van der Waals surface area contributed by atoms with Crippen LogP contribution in [0.4, 0.5) is 4.39 Å². The van der Waals surface area contributed by atoms with Crippen molar-refractivity contribution in [3.05, 3.63) is 7.18 Å². The van der Waals surface area contributed by atoms with Crippen LogP contribution in [0.2, 0.25) is 0 Å². The Kier molecular flexibility index (Phi) is 6.07. The van der Waals surface area contributed by atoms with E-state index in [-0.39, 0.29) is 0 Å². The van der Waals surface area contributed by atoms with Gasteiger partial charge in [-0.3, -0.25) is 0 Å². The lowest BCUT2D eigenvalue weighted by Gasteiger charge is -1.82. The van der Waals surface area contributed by atoms with Gasteiger partial charge in [-0.1, -0.05) is 0 Å². The largest absolute Gasteiger partial charge is 0.466 e. The van der Waals surface area contributed by atoms with Crippen molar-refractivity contribution in [3.63, 3.8) is 0 Å². The van der Waals surface area contributed by atoms with Crippen LogP contribution in [-0.4, -0.2) is 14.7 Å². The van der Waals surface area contributed by atoms with Gasteiger partial charge < -0.3 is 14.7 Å². The Labute approximate surface area is 39.8 Å². The summed E-state index contributed by atoms with van der Waals surface area (Å²) in [6, 6.07) is 0. The SMILES string of the molecule is O=P(O)(O)O.[C]F. The summed E-state index contributed by atoms with van der Waals surface area (Å²) in [6.07, 6.45) is 0. The second kappa shape index (κ2) is 4.21. The zero-order chi connectivity index (χ0) is 6.50. The molecule has 0 aliphatic carbocycles. The van der Waals surface area contributed by atoms with E-state index < -0.39 is 7.82 Å². The van der Waals surface area contributed by atoms with Crippen molar-refractivity contribution in [1.29, 1.82) is 0 Å². The van der Waals surface area contributed by atoms with Crippen molar-refractivity contribution in [2.24, 2.45) is 0 Å². The summed E-state index contributed by atoms with van der Waals surface area (Å²) < 4.78 is 17.6. The van der Waals surface area contributed by atoms with Crippen LogP contribution in [0.3, 0.4) is 0 Å². The summed E-state index contributed by atoms with van der Waals surface area (Å²) >= 11 is 0. The van der Waals surface area contributed by atoms with Gasteiger partial charge in [-0.2, -0.15) is 0 Å². The van der Waals surface area contributed by atoms with Gasteiger partial charge in [-0.15, -0.1) is 0 Å². The highest BCUT2D eigenvalue weighted by atomic mass is 31.2.